The van der Waals surface area contributed by atoms with E-state index in [9.17, 15) is 5.11 Å². The van der Waals surface area contributed by atoms with E-state index < -0.39 is 0 Å². The summed E-state index contributed by atoms with van der Waals surface area (Å²) in [6, 6.07) is 0. The molecule has 2 fully saturated rings. The van der Waals surface area contributed by atoms with E-state index in [1.54, 1.807) is 0 Å². The lowest BCUT2D eigenvalue weighted by atomic mass is 9.69. The Hall–Kier alpha value is -0.870. The number of nitrogens with zero attached hydrogens (tertiary/aromatic N) is 2. The molecular formula is C14H23N3O. The number of nitrogens with one attached hydrogen (secondary N) is 1. The van der Waals surface area contributed by atoms with Crippen molar-refractivity contribution < 1.29 is 5.11 Å². The number of likely N-dealkylation sites (tertiary alicyclic amines) is 1. The van der Waals surface area contributed by atoms with Gasteiger partial charge >= 0.3 is 0 Å². The van der Waals surface area contributed by atoms with Gasteiger partial charge in [0.1, 0.15) is 5.82 Å². The Balaban J connectivity index is 1.76. The molecule has 1 saturated heterocycles. The van der Waals surface area contributed by atoms with Crippen LogP contribution in [0.2, 0.25) is 0 Å². The first-order valence-corrected chi connectivity index (χ1v) is 7.08. The van der Waals surface area contributed by atoms with E-state index in [1.165, 1.54) is 31.5 Å². The number of hydrogen-bond acceptors (Lipinski definition) is 3. The molecule has 1 aliphatic heterocycles. The summed E-state index contributed by atoms with van der Waals surface area (Å²) in [6.45, 7) is 2.55. The minimum atomic E-state index is -0.0567. The standard InChI is InChI=1S/C14H23N3O/c1-17-7-2-4-11(9-17)12-8-15-13(16-12)14(10-18)5-3-6-14/h8,11,18H,2-7,9-10H2,1H3,(H,15,16). The molecule has 2 heterocycles. The third-order valence-electron chi connectivity index (χ3n) is 4.78. The molecule has 2 N–H and O–H groups in total. The minimum absolute atomic E-state index is 0.0567. The number of aromatic nitrogens is 2. The molecule has 1 aromatic rings. The van der Waals surface area contributed by atoms with E-state index >= 15 is 0 Å². The molecule has 0 spiro atoms. The topological polar surface area (TPSA) is 52.1 Å². The van der Waals surface area contributed by atoms with E-state index in [0.717, 1.165) is 25.2 Å². The molecule has 0 amide bonds. The van der Waals surface area contributed by atoms with Crippen LogP contribution in [0.4, 0.5) is 0 Å². The van der Waals surface area contributed by atoms with E-state index in [4.69, 9.17) is 0 Å². The third-order valence-corrected chi connectivity index (χ3v) is 4.78. The Morgan fingerprint density at radius 1 is 1.50 bits per heavy atom. The normalized spacial score (nSPS) is 28.0. The quantitative estimate of drug-likeness (QED) is 0.856. The zero-order valence-electron chi connectivity index (χ0n) is 11.2. The highest BCUT2D eigenvalue weighted by Crippen LogP contribution is 2.42. The summed E-state index contributed by atoms with van der Waals surface area (Å²) in [4.78, 5) is 10.4. The Labute approximate surface area is 108 Å². The second kappa shape index (κ2) is 4.67. The first-order chi connectivity index (χ1) is 8.73. The number of imidazole rings is 1. The molecule has 1 atom stereocenters. The average Bonchev–Trinajstić information content (AvgIpc) is 2.78. The Morgan fingerprint density at radius 2 is 2.33 bits per heavy atom. The molecule has 4 nitrogen and oxygen atoms in total. The molecule has 3 rings (SSSR count). The smallest absolute Gasteiger partial charge is 0.114 e. The van der Waals surface area contributed by atoms with Crippen LogP contribution in [0.3, 0.4) is 0 Å². The minimum Gasteiger partial charge on any atom is -0.395 e. The zero-order valence-corrected chi connectivity index (χ0v) is 11.2. The van der Waals surface area contributed by atoms with Crippen molar-refractivity contribution in [2.24, 2.45) is 0 Å². The van der Waals surface area contributed by atoms with Crippen LogP contribution >= 0.6 is 0 Å². The molecule has 1 aliphatic carbocycles. The molecule has 1 unspecified atom stereocenters. The summed E-state index contributed by atoms with van der Waals surface area (Å²) < 4.78 is 0. The number of aliphatic hydroxyl groups excluding tert-OH is 1. The number of likely N-dealkylation sites (N-methyl/N-ethyl adjacent to an activating group) is 1. The fraction of sp³-hybridized carbons (Fsp3) is 0.786. The highest BCUT2D eigenvalue weighted by molar-refractivity contribution is 5.19. The van der Waals surface area contributed by atoms with Crippen molar-refractivity contribution in [1.82, 2.24) is 14.9 Å². The van der Waals surface area contributed by atoms with Crippen LogP contribution in [0.5, 0.6) is 0 Å². The Bertz CT molecular complexity index is 405. The van der Waals surface area contributed by atoms with Gasteiger partial charge in [0.25, 0.3) is 0 Å². The van der Waals surface area contributed by atoms with Crippen molar-refractivity contribution in [1.29, 1.82) is 0 Å². The van der Waals surface area contributed by atoms with Crippen LogP contribution in [-0.4, -0.2) is 46.7 Å². The van der Waals surface area contributed by atoms with Gasteiger partial charge < -0.3 is 15.0 Å². The number of H-pyrrole nitrogens is 1. The third kappa shape index (κ3) is 1.97. The molecule has 0 aromatic carbocycles. The highest BCUT2D eigenvalue weighted by Gasteiger charge is 2.41. The fourth-order valence-electron chi connectivity index (χ4n) is 3.31. The molecule has 100 valence electrons. The molecular weight excluding hydrogens is 226 g/mol. The summed E-state index contributed by atoms with van der Waals surface area (Å²) >= 11 is 0. The van der Waals surface area contributed by atoms with E-state index in [0.29, 0.717) is 5.92 Å². The summed E-state index contributed by atoms with van der Waals surface area (Å²) in [5, 5.41) is 9.58. The van der Waals surface area contributed by atoms with Crippen molar-refractivity contribution in [2.45, 2.75) is 43.4 Å². The van der Waals surface area contributed by atoms with Crippen LogP contribution in [0.15, 0.2) is 6.20 Å². The van der Waals surface area contributed by atoms with Gasteiger partial charge in [0, 0.05) is 24.4 Å². The van der Waals surface area contributed by atoms with Gasteiger partial charge in [-0.25, -0.2) is 4.98 Å². The van der Waals surface area contributed by atoms with Crippen molar-refractivity contribution in [2.75, 3.05) is 26.7 Å². The Morgan fingerprint density at radius 3 is 2.94 bits per heavy atom. The number of piperidine rings is 1. The summed E-state index contributed by atoms with van der Waals surface area (Å²) in [5.41, 5.74) is 1.20. The molecule has 0 bridgehead atoms. The average molecular weight is 249 g/mol. The lowest BCUT2D eigenvalue weighted by molar-refractivity contribution is 0.112. The summed E-state index contributed by atoms with van der Waals surface area (Å²) in [5.74, 6) is 1.60. The van der Waals surface area contributed by atoms with Gasteiger partial charge in [0.2, 0.25) is 0 Å². The first-order valence-electron chi connectivity index (χ1n) is 7.08. The van der Waals surface area contributed by atoms with Crippen LogP contribution in [0, 0.1) is 0 Å². The van der Waals surface area contributed by atoms with Gasteiger partial charge in [0.15, 0.2) is 0 Å². The molecule has 0 radical (unpaired) electrons. The summed E-state index contributed by atoms with van der Waals surface area (Å²) in [6.07, 6.45) is 7.86. The van der Waals surface area contributed by atoms with Gasteiger partial charge in [-0.3, -0.25) is 0 Å². The SMILES string of the molecule is CN1CCCC(c2cnc(C3(CO)CCC3)[nH]2)C1. The molecule has 2 aliphatic rings. The van der Waals surface area contributed by atoms with Gasteiger partial charge in [-0.15, -0.1) is 0 Å². The molecule has 4 heteroatoms. The maximum absolute atomic E-state index is 9.58. The molecule has 1 saturated carbocycles. The van der Waals surface area contributed by atoms with Gasteiger partial charge in [0.05, 0.1) is 12.0 Å². The predicted molar refractivity (Wildman–Crippen MR) is 70.7 cm³/mol. The largest absolute Gasteiger partial charge is 0.395 e. The Kier molecular flexibility index (Phi) is 3.16. The number of aliphatic hydroxyl groups is 1. The van der Waals surface area contributed by atoms with Crippen LogP contribution in [0.1, 0.15) is 49.5 Å². The lowest BCUT2D eigenvalue weighted by Gasteiger charge is -2.38. The number of aromatic amines is 1. The van der Waals surface area contributed by atoms with Gasteiger partial charge in [-0.1, -0.05) is 6.42 Å². The van der Waals surface area contributed by atoms with Crippen LogP contribution in [0.25, 0.3) is 0 Å². The monoisotopic (exact) mass is 249 g/mol. The molecule has 18 heavy (non-hydrogen) atoms. The van der Waals surface area contributed by atoms with Crippen LogP contribution in [-0.2, 0) is 5.41 Å². The van der Waals surface area contributed by atoms with E-state index in [1.807, 2.05) is 6.20 Å². The summed E-state index contributed by atoms with van der Waals surface area (Å²) in [7, 11) is 2.19. The van der Waals surface area contributed by atoms with Crippen molar-refractivity contribution in [3.05, 3.63) is 17.7 Å². The van der Waals surface area contributed by atoms with Crippen molar-refractivity contribution in [3.8, 4) is 0 Å². The zero-order chi connectivity index (χ0) is 12.6. The second-order valence-corrected chi connectivity index (χ2v) is 6.08. The van der Waals surface area contributed by atoms with Crippen LogP contribution < -0.4 is 0 Å². The van der Waals surface area contributed by atoms with E-state index in [2.05, 4.69) is 21.9 Å². The van der Waals surface area contributed by atoms with Gasteiger partial charge in [-0.05, 0) is 39.3 Å². The maximum atomic E-state index is 9.58. The lowest BCUT2D eigenvalue weighted by Crippen LogP contribution is -2.39. The van der Waals surface area contributed by atoms with Gasteiger partial charge in [-0.2, -0.15) is 0 Å². The highest BCUT2D eigenvalue weighted by atomic mass is 16.3. The second-order valence-electron chi connectivity index (χ2n) is 6.08. The number of hydrogen-bond donors (Lipinski definition) is 2. The first kappa shape index (κ1) is 12.2. The van der Waals surface area contributed by atoms with Crippen molar-refractivity contribution >= 4 is 0 Å². The maximum Gasteiger partial charge on any atom is 0.114 e. The van der Waals surface area contributed by atoms with Crippen molar-refractivity contribution in [3.63, 3.8) is 0 Å². The van der Waals surface area contributed by atoms with E-state index in [-0.39, 0.29) is 12.0 Å². The molecule has 1 aromatic heterocycles. The number of rotatable bonds is 3. The fourth-order valence-corrected chi connectivity index (χ4v) is 3.31. The predicted octanol–water partition coefficient (Wildman–Crippen LogP) is 1.63.